The third-order valence-corrected chi connectivity index (χ3v) is 2.22. The molecule has 0 aliphatic rings. The van der Waals surface area contributed by atoms with Crippen molar-refractivity contribution in [2.24, 2.45) is 0 Å². The average Bonchev–Trinajstić information content (AvgIpc) is 2.62. The predicted molar refractivity (Wildman–Crippen MR) is 52.5 cm³/mol. The monoisotopic (exact) mass is 190 g/mol. The van der Waals surface area contributed by atoms with E-state index in [2.05, 4.69) is 4.98 Å². The van der Waals surface area contributed by atoms with E-state index in [9.17, 15) is 4.39 Å². The predicted octanol–water partition coefficient (Wildman–Crippen LogP) is 2.38. The Morgan fingerprint density at radius 3 is 2.93 bits per heavy atom. The molecular formula is C11H11FN2. The lowest BCUT2D eigenvalue weighted by atomic mass is 10.1. The van der Waals surface area contributed by atoms with Gasteiger partial charge in [0.2, 0.25) is 0 Å². The zero-order chi connectivity index (χ0) is 9.97. The highest BCUT2D eigenvalue weighted by Crippen LogP contribution is 2.11. The number of nitrogens with zero attached hydrogens (tertiary/aromatic N) is 2. The molecule has 0 saturated heterocycles. The van der Waals surface area contributed by atoms with E-state index in [-0.39, 0.29) is 5.82 Å². The van der Waals surface area contributed by atoms with Crippen LogP contribution < -0.4 is 0 Å². The van der Waals surface area contributed by atoms with Gasteiger partial charge in [0.05, 0.1) is 6.33 Å². The molecule has 2 aromatic rings. The van der Waals surface area contributed by atoms with E-state index in [1.54, 1.807) is 18.6 Å². The zero-order valence-corrected chi connectivity index (χ0v) is 7.94. The van der Waals surface area contributed by atoms with Gasteiger partial charge in [-0.3, -0.25) is 0 Å². The molecule has 2 rings (SSSR count). The second-order valence-corrected chi connectivity index (χ2v) is 3.31. The maximum atomic E-state index is 12.8. The number of rotatable bonds is 2. The van der Waals surface area contributed by atoms with Gasteiger partial charge < -0.3 is 4.57 Å². The number of hydrogen-bond acceptors (Lipinski definition) is 1. The third kappa shape index (κ3) is 1.82. The first-order valence-electron chi connectivity index (χ1n) is 4.46. The zero-order valence-electron chi connectivity index (χ0n) is 7.94. The van der Waals surface area contributed by atoms with Crippen molar-refractivity contribution in [1.29, 1.82) is 0 Å². The Balaban J connectivity index is 2.25. The molecule has 0 atom stereocenters. The van der Waals surface area contributed by atoms with Gasteiger partial charge in [-0.25, -0.2) is 9.37 Å². The normalized spacial score (nSPS) is 10.4. The molecule has 0 aliphatic carbocycles. The van der Waals surface area contributed by atoms with Crippen molar-refractivity contribution in [3.05, 3.63) is 53.9 Å². The Morgan fingerprint density at radius 1 is 1.43 bits per heavy atom. The molecule has 2 nitrogen and oxygen atoms in total. The molecule has 1 aromatic carbocycles. The molecule has 0 radical (unpaired) electrons. The number of halogens is 1. The van der Waals surface area contributed by atoms with Crippen LogP contribution in [0, 0.1) is 12.7 Å². The second-order valence-electron chi connectivity index (χ2n) is 3.31. The van der Waals surface area contributed by atoms with Crippen LogP contribution in [0.25, 0.3) is 0 Å². The highest BCUT2D eigenvalue weighted by molar-refractivity contribution is 5.26. The second kappa shape index (κ2) is 3.62. The molecule has 0 bridgehead atoms. The minimum Gasteiger partial charge on any atom is -0.333 e. The highest BCUT2D eigenvalue weighted by atomic mass is 19.1. The summed E-state index contributed by atoms with van der Waals surface area (Å²) in [4.78, 5) is 3.95. The molecule has 0 unspecified atom stereocenters. The molecule has 72 valence electrons. The maximum Gasteiger partial charge on any atom is 0.123 e. The smallest absolute Gasteiger partial charge is 0.123 e. The van der Waals surface area contributed by atoms with Crippen molar-refractivity contribution in [3.8, 4) is 0 Å². The number of aryl methyl sites for hydroxylation is 1. The molecule has 0 spiro atoms. The molecule has 0 fully saturated rings. The van der Waals surface area contributed by atoms with Crippen molar-refractivity contribution >= 4 is 0 Å². The summed E-state index contributed by atoms with van der Waals surface area (Å²) in [5.74, 6) is -0.183. The van der Waals surface area contributed by atoms with Gasteiger partial charge in [0.1, 0.15) is 5.82 Å². The molecule has 0 saturated carbocycles. The standard InChI is InChI=1S/C11H11FN2/c1-9-6-11(12)3-2-10(9)7-14-5-4-13-8-14/h2-6,8H,7H2,1H3. The minimum atomic E-state index is -0.183. The Morgan fingerprint density at radius 2 is 2.29 bits per heavy atom. The van der Waals surface area contributed by atoms with E-state index >= 15 is 0 Å². The number of imidazole rings is 1. The number of benzene rings is 1. The van der Waals surface area contributed by atoms with Crippen LogP contribution in [0.4, 0.5) is 4.39 Å². The van der Waals surface area contributed by atoms with Crippen LogP contribution >= 0.6 is 0 Å². The fraction of sp³-hybridized carbons (Fsp3) is 0.182. The lowest BCUT2D eigenvalue weighted by Crippen LogP contribution is -1.98. The van der Waals surface area contributed by atoms with E-state index in [4.69, 9.17) is 0 Å². The molecule has 0 N–H and O–H groups in total. The van der Waals surface area contributed by atoms with Crippen molar-refractivity contribution in [2.75, 3.05) is 0 Å². The summed E-state index contributed by atoms with van der Waals surface area (Å²) < 4.78 is 14.8. The van der Waals surface area contributed by atoms with Crippen molar-refractivity contribution < 1.29 is 4.39 Å². The molecule has 14 heavy (non-hydrogen) atoms. The summed E-state index contributed by atoms with van der Waals surface area (Å²) in [7, 11) is 0. The van der Waals surface area contributed by atoms with Crippen LogP contribution in [0.15, 0.2) is 36.9 Å². The van der Waals surface area contributed by atoms with E-state index in [1.807, 2.05) is 23.8 Å². The third-order valence-electron chi connectivity index (χ3n) is 2.22. The van der Waals surface area contributed by atoms with Gasteiger partial charge in [0.15, 0.2) is 0 Å². The van der Waals surface area contributed by atoms with Crippen LogP contribution in [-0.2, 0) is 6.54 Å². The summed E-state index contributed by atoms with van der Waals surface area (Å²) in [6.45, 7) is 2.65. The van der Waals surface area contributed by atoms with Crippen LogP contribution in [-0.4, -0.2) is 9.55 Å². The van der Waals surface area contributed by atoms with Crippen LogP contribution in [0.2, 0.25) is 0 Å². The van der Waals surface area contributed by atoms with Gasteiger partial charge in [0.25, 0.3) is 0 Å². The first-order valence-corrected chi connectivity index (χ1v) is 4.46. The summed E-state index contributed by atoms with van der Waals surface area (Å²) in [6.07, 6.45) is 5.38. The highest BCUT2D eigenvalue weighted by Gasteiger charge is 2.00. The van der Waals surface area contributed by atoms with Crippen LogP contribution in [0.5, 0.6) is 0 Å². The summed E-state index contributed by atoms with van der Waals surface area (Å²) in [6, 6.07) is 4.84. The molecule has 1 aromatic heterocycles. The van der Waals surface area contributed by atoms with Gasteiger partial charge >= 0.3 is 0 Å². The Hall–Kier alpha value is -1.64. The first kappa shape index (κ1) is 8.94. The van der Waals surface area contributed by atoms with Gasteiger partial charge in [-0.05, 0) is 30.2 Å². The fourth-order valence-corrected chi connectivity index (χ4v) is 1.41. The summed E-state index contributed by atoms with van der Waals surface area (Å²) in [5, 5.41) is 0. The van der Waals surface area contributed by atoms with Crippen molar-refractivity contribution in [1.82, 2.24) is 9.55 Å². The van der Waals surface area contributed by atoms with Gasteiger partial charge in [-0.1, -0.05) is 6.07 Å². The summed E-state index contributed by atoms with van der Waals surface area (Å²) in [5.41, 5.74) is 2.09. The first-order chi connectivity index (χ1) is 6.75. The van der Waals surface area contributed by atoms with Crippen molar-refractivity contribution in [3.63, 3.8) is 0 Å². The molecule has 3 heteroatoms. The van der Waals surface area contributed by atoms with Gasteiger partial charge in [-0.15, -0.1) is 0 Å². The molecular weight excluding hydrogens is 179 g/mol. The SMILES string of the molecule is Cc1cc(F)ccc1Cn1ccnc1. The lowest BCUT2D eigenvalue weighted by Gasteiger charge is -2.06. The lowest BCUT2D eigenvalue weighted by molar-refractivity contribution is 0.624. The molecule has 0 aliphatic heterocycles. The number of hydrogen-bond donors (Lipinski definition) is 0. The van der Waals surface area contributed by atoms with Crippen LogP contribution in [0.3, 0.4) is 0 Å². The fourth-order valence-electron chi connectivity index (χ4n) is 1.41. The van der Waals surface area contributed by atoms with Crippen LogP contribution in [0.1, 0.15) is 11.1 Å². The summed E-state index contributed by atoms with van der Waals surface area (Å²) >= 11 is 0. The number of aromatic nitrogens is 2. The average molecular weight is 190 g/mol. The maximum absolute atomic E-state index is 12.8. The van der Waals surface area contributed by atoms with Gasteiger partial charge in [0, 0.05) is 18.9 Å². The minimum absolute atomic E-state index is 0.183. The topological polar surface area (TPSA) is 17.8 Å². The van der Waals surface area contributed by atoms with E-state index in [0.29, 0.717) is 0 Å². The largest absolute Gasteiger partial charge is 0.333 e. The van der Waals surface area contributed by atoms with E-state index < -0.39 is 0 Å². The quantitative estimate of drug-likeness (QED) is 0.711. The molecule has 0 amide bonds. The Labute approximate surface area is 82.0 Å². The van der Waals surface area contributed by atoms with Gasteiger partial charge in [-0.2, -0.15) is 0 Å². The van der Waals surface area contributed by atoms with E-state index in [1.165, 1.54) is 6.07 Å². The van der Waals surface area contributed by atoms with E-state index in [0.717, 1.165) is 17.7 Å². The molecule has 1 heterocycles. The Bertz CT molecular complexity index is 421. The van der Waals surface area contributed by atoms with Crippen molar-refractivity contribution in [2.45, 2.75) is 13.5 Å². The Kier molecular flexibility index (Phi) is 2.31.